The number of hydrogen-bond acceptors (Lipinski definition) is 7. The summed E-state index contributed by atoms with van der Waals surface area (Å²) in [4.78, 5) is 61.7. The lowest BCUT2D eigenvalue weighted by Crippen LogP contribution is -2.49. The number of anilines is 2. The normalized spacial score (nSPS) is 26.7. The number of fused-ring (bicyclic) bond motifs is 5. The van der Waals surface area contributed by atoms with Crippen LogP contribution in [0.1, 0.15) is 42.4 Å². The number of nitrogens with zero attached hydrogens (tertiary/aromatic N) is 4. The van der Waals surface area contributed by atoms with Gasteiger partial charge in [-0.25, -0.2) is 4.90 Å². The Morgan fingerprint density at radius 2 is 1.68 bits per heavy atom. The summed E-state index contributed by atoms with van der Waals surface area (Å²) in [6.45, 7) is 5.68. The van der Waals surface area contributed by atoms with Gasteiger partial charge in [0.15, 0.2) is 0 Å². The third-order valence-corrected chi connectivity index (χ3v) is 14.2. The van der Waals surface area contributed by atoms with Crippen LogP contribution in [0.3, 0.4) is 0 Å². The summed E-state index contributed by atoms with van der Waals surface area (Å²) in [5, 5.41) is 17.0. The molecule has 9 rings (SSSR count). The van der Waals surface area contributed by atoms with Crippen molar-refractivity contribution in [3.05, 3.63) is 105 Å². The van der Waals surface area contributed by atoms with E-state index in [4.69, 9.17) is 16.7 Å². The molecule has 268 valence electrons. The minimum atomic E-state index is -1.22. The highest BCUT2D eigenvalue weighted by Gasteiger charge is 2.68. The first-order valence-corrected chi connectivity index (χ1v) is 19.5. The van der Waals surface area contributed by atoms with Crippen molar-refractivity contribution in [2.75, 3.05) is 9.80 Å². The number of allylic oxidation sites excluding steroid dienone is 2. The summed E-state index contributed by atoms with van der Waals surface area (Å²) in [6.07, 6.45) is 2.63. The zero-order valence-electron chi connectivity index (χ0n) is 29.3. The van der Waals surface area contributed by atoms with Crippen molar-refractivity contribution in [1.82, 2.24) is 9.78 Å². The van der Waals surface area contributed by atoms with Gasteiger partial charge in [0.2, 0.25) is 23.6 Å². The molecule has 4 aliphatic rings. The molecule has 0 unspecified atom stereocenters. The maximum absolute atomic E-state index is 15.1. The number of amides is 4. The summed E-state index contributed by atoms with van der Waals surface area (Å²) in [7, 11) is 1.73. The maximum Gasteiger partial charge on any atom is 0.242 e. The maximum atomic E-state index is 15.1. The number of thiophene rings is 1. The van der Waals surface area contributed by atoms with Crippen LogP contribution in [0.15, 0.2) is 82.9 Å². The van der Waals surface area contributed by atoms with E-state index in [2.05, 4.69) is 15.9 Å². The molecule has 1 saturated carbocycles. The molecule has 0 spiro atoms. The lowest BCUT2D eigenvalue weighted by molar-refractivity contribution is -0.131. The lowest BCUT2D eigenvalue weighted by atomic mass is 9.51. The van der Waals surface area contributed by atoms with Crippen molar-refractivity contribution in [2.24, 2.45) is 36.1 Å². The van der Waals surface area contributed by atoms with Crippen molar-refractivity contribution < 1.29 is 24.3 Å². The number of carbonyl (C=O) groups excluding carboxylic acids is 4. The molecule has 2 saturated heterocycles. The molecule has 2 aliphatic carbocycles. The van der Waals surface area contributed by atoms with E-state index in [1.54, 1.807) is 72.5 Å². The summed E-state index contributed by atoms with van der Waals surface area (Å²) >= 11 is 11.3. The van der Waals surface area contributed by atoms with Crippen LogP contribution in [-0.4, -0.2) is 38.5 Å². The first-order valence-electron chi connectivity index (χ1n) is 17.5. The van der Waals surface area contributed by atoms with Crippen molar-refractivity contribution in [1.29, 1.82) is 0 Å². The van der Waals surface area contributed by atoms with Crippen LogP contribution in [-0.2, 0) is 26.2 Å². The van der Waals surface area contributed by atoms with E-state index in [0.29, 0.717) is 34.2 Å². The Kier molecular flexibility index (Phi) is 7.72. The van der Waals surface area contributed by atoms with Crippen LogP contribution in [0.25, 0.3) is 20.7 Å². The van der Waals surface area contributed by atoms with Gasteiger partial charge in [0.25, 0.3) is 0 Å². The van der Waals surface area contributed by atoms with Gasteiger partial charge in [0, 0.05) is 33.2 Å². The fourth-order valence-corrected chi connectivity index (χ4v) is 11.1. The van der Waals surface area contributed by atoms with Crippen molar-refractivity contribution >= 4 is 84.1 Å². The molecule has 12 heteroatoms. The van der Waals surface area contributed by atoms with Crippen molar-refractivity contribution in [2.45, 2.75) is 39.5 Å². The first kappa shape index (κ1) is 34.2. The minimum Gasteiger partial charge on any atom is -0.508 e. The summed E-state index contributed by atoms with van der Waals surface area (Å²) in [5.74, 6) is -3.81. The topological polar surface area (TPSA) is 113 Å². The third kappa shape index (κ3) is 4.82. The van der Waals surface area contributed by atoms with E-state index in [9.17, 15) is 19.5 Å². The number of aryl methyl sites for hydroxylation is 3. The SMILES string of the molecule is Cc1cc([C@H]2C3=CC[C@@H]4C(=O)N(c5ccc(Br)cc5)C(=O)[C@@H]4[C@@H]3C[C@H]3C(=O)N(c4cc(-c5sc6ccc(Cl)cc6c5C)nn4C)C(=O)[C@@]23C)ccc1O. The molecule has 6 atom stereocenters. The highest BCUT2D eigenvalue weighted by molar-refractivity contribution is 9.10. The molecule has 2 aliphatic heterocycles. The number of halogens is 2. The van der Waals surface area contributed by atoms with E-state index in [-0.39, 0.29) is 35.8 Å². The van der Waals surface area contributed by atoms with Gasteiger partial charge in [0.05, 0.1) is 33.7 Å². The predicted octanol–water partition coefficient (Wildman–Crippen LogP) is 8.48. The standard InChI is InChI=1S/C41H34BrClN4O5S/c1-19-15-21(5-13-31(19)48)35-25-11-12-26-34(39(51)46(37(26)49)24-9-6-22(42)7-10-24)28(25)17-29-38(50)47(40(52)41(29,35)3)33-18-30(44-45(33)4)36-20(2)27-16-23(43)8-14-32(27)53-36/h5-11,13-16,18,26,28-29,34-35,48H,12,17H2,1-4H3/t26-,28+,29-,34-,35-,41+/m0/s1. The fraction of sp³-hybridized carbons (Fsp3) is 0.293. The van der Waals surface area contributed by atoms with Gasteiger partial charge < -0.3 is 5.11 Å². The lowest BCUT2D eigenvalue weighted by Gasteiger charge is -2.49. The highest BCUT2D eigenvalue weighted by Crippen LogP contribution is 2.64. The average molecular weight is 810 g/mol. The Balaban J connectivity index is 1.15. The molecule has 5 aromatic rings. The third-order valence-electron chi connectivity index (χ3n) is 12.1. The number of benzene rings is 3. The van der Waals surface area contributed by atoms with Crippen LogP contribution in [0, 0.1) is 42.9 Å². The average Bonchev–Trinajstić information content (AvgIpc) is 3.80. The molecule has 3 aromatic carbocycles. The predicted molar refractivity (Wildman–Crippen MR) is 208 cm³/mol. The van der Waals surface area contributed by atoms with Gasteiger partial charge in [-0.15, -0.1) is 11.3 Å². The van der Waals surface area contributed by atoms with E-state index in [1.165, 1.54) is 9.80 Å². The number of hydrogen-bond donors (Lipinski definition) is 1. The van der Waals surface area contributed by atoms with Crippen LogP contribution in [0.5, 0.6) is 5.75 Å². The Bertz CT molecular complexity index is 2490. The van der Waals surface area contributed by atoms with E-state index >= 15 is 4.79 Å². The van der Waals surface area contributed by atoms with E-state index in [0.717, 1.165) is 36.1 Å². The monoisotopic (exact) mass is 808 g/mol. The fourth-order valence-electron chi connectivity index (χ4n) is 9.53. The van der Waals surface area contributed by atoms with Crippen molar-refractivity contribution in [3.8, 4) is 16.3 Å². The van der Waals surface area contributed by atoms with Crippen LogP contribution in [0.4, 0.5) is 11.5 Å². The number of aromatic hydroxyl groups is 1. The Morgan fingerprint density at radius 1 is 0.925 bits per heavy atom. The smallest absolute Gasteiger partial charge is 0.242 e. The zero-order chi connectivity index (χ0) is 37.2. The van der Waals surface area contributed by atoms with Gasteiger partial charge in [-0.3, -0.25) is 28.8 Å². The molecule has 4 amide bonds. The van der Waals surface area contributed by atoms with E-state index < -0.39 is 35.0 Å². The number of imide groups is 2. The number of aromatic nitrogens is 2. The second-order valence-electron chi connectivity index (χ2n) is 14.9. The Hall–Kier alpha value is -4.58. The molecule has 9 nitrogen and oxygen atoms in total. The summed E-state index contributed by atoms with van der Waals surface area (Å²) < 4.78 is 3.47. The molecule has 4 heterocycles. The summed E-state index contributed by atoms with van der Waals surface area (Å²) in [5.41, 5.74) is 3.25. The molecule has 53 heavy (non-hydrogen) atoms. The Morgan fingerprint density at radius 3 is 2.42 bits per heavy atom. The second-order valence-corrected chi connectivity index (χ2v) is 17.3. The minimum absolute atomic E-state index is 0.124. The molecular formula is C41H34BrClN4O5S. The molecule has 0 radical (unpaired) electrons. The zero-order valence-corrected chi connectivity index (χ0v) is 32.4. The number of phenolic OH excluding ortho intramolecular Hbond substituents is 1. The Labute approximate surface area is 323 Å². The molecule has 1 N–H and O–H groups in total. The van der Waals surface area contributed by atoms with Gasteiger partial charge in [-0.1, -0.05) is 51.3 Å². The van der Waals surface area contributed by atoms with Crippen LogP contribution in [0.2, 0.25) is 5.02 Å². The molecule has 2 aromatic heterocycles. The molecule has 3 fully saturated rings. The largest absolute Gasteiger partial charge is 0.508 e. The number of rotatable bonds is 4. The molecule has 0 bridgehead atoms. The van der Waals surface area contributed by atoms with Gasteiger partial charge >= 0.3 is 0 Å². The van der Waals surface area contributed by atoms with Crippen LogP contribution < -0.4 is 9.80 Å². The van der Waals surface area contributed by atoms with Gasteiger partial charge in [-0.2, -0.15) is 5.10 Å². The van der Waals surface area contributed by atoms with E-state index in [1.807, 2.05) is 44.2 Å². The van der Waals surface area contributed by atoms with Crippen molar-refractivity contribution in [3.63, 3.8) is 0 Å². The van der Waals surface area contributed by atoms with Crippen LogP contribution >= 0.6 is 38.9 Å². The quantitative estimate of drug-likeness (QED) is 0.144. The van der Waals surface area contributed by atoms with Gasteiger partial charge in [0.1, 0.15) is 17.3 Å². The number of carbonyl (C=O) groups is 4. The number of phenols is 1. The summed E-state index contributed by atoms with van der Waals surface area (Å²) in [6, 6.07) is 20.0. The first-order chi connectivity index (χ1) is 25.3. The highest BCUT2D eigenvalue weighted by atomic mass is 79.9. The van der Waals surface area contributed by atoms with Gasteiger partial charge in [-0.05, 0) is 110 Å². The molecular weight excluding hydrogens is 776 g/mol. The second kappa shape index (κ2) is 12.0.